The van der Waals surface area contributed by atoms with Crippen LogP contribution in [0.3, 0.4) is 0 Å². The third-order valence-corrected chi connectivity index (χ3v) is 5.64. The lowest BCUT2D eigenvalue weighted by Gasteiger charge is -2.32. The minimum atomic E-state index is 0.0429. The number of likely N-dealkylation sites (tertiary alicyclic amines) is 1. The monoisotopic (exact) mass is 382 g/mol. The maximum absolute atomic E-state index is 12.5. The van der Waals surface area contributed by atoms with Crippen LogP contribution in [0.5, 0.6) is 5.75 Å². The zero-order valence-electron chi connectivity index (χ0n) is 15.4. The number of hydrogen-bond donors (Lipinski definition) is 0. The second-order valence-corrected chi connectivity index (χ2v) is 7.55. The van der Waals surface area contributed by atoms with Gasteiger partial charge in [-0.3, -0.25) is 4.79 Å². The lowest BCUT2D eigenvalue weighted by atomic mass is 9.89. The fraction of sp³-hybridized carbons (Fsp3) is 0.318. The Hall–Kier alpha value is -2.46. The second kappa shape index (κ2) is 7.65. The van der Waals surface area contributed by atoms with Crippen LogP contribution in [0.25, 0.3) is 10.9 Å². The Morgan fingerprint density at radius 2 is 1.81 bits per heavy atom. The van der Waals surface area contributed by atoms with Gasteiger partial charge in [0.05, 0.1) is 0 Å². The van der Waals surface area contributed by atoms with Crippen LogP contribution < -0.4 is 4.74 Å². The number of ether oxygens (including phenoxy) is 1. The number of fused-ring (bicyclic) bond motifs is 1. The van der Waals surface area contributed by atoms with E-state index in [0.29, 0.717) is 16.7 Å². The number of aryl methyl sites for hydroxylation is 1. The molecule has 0 unspecified atom stereocenters. The van der Waals surface area contributed by atoms with Crippen molar-refractivity contribution in [3.8, 4) is 5.75 Å². The van der Waals surface area contributed by atoms with Gasteiger partial charge in [-0.15, -0.1) is 0 Å². The number of carbonyl (C=O) groups excluding carboxylic acids is 1. The quantitative estimate of drug-likeness (QED) is 0.660. The lowest BCUT2D eigenvalue weighted by molar-refractivity contribution is -0.134. The maximum Gasteiger partial charge on any atom is 0.260 e. The van der Waals surface area contributed by atoms with Crippen molar-refractivity contribution in [2.24, 2.45) is 7.05 Å². The second-order valence-electron chi connectivity index (χ2n) is 7.11. The van der Waals surface area contributed by atoms with Gasteiger partial charge >= 0.3 is 0 Å². The van der Waals surface area contributed by atoms with E-state index in [4.69, 9.17) is 16.3 Å². The molecule has 1 fully saturated rings. The number of para-hydroxylation sites is 1. The summed E-state index contributed by atoms with van der Waals surface area (Å²) in [6.45, 7) is 1.62. The number of carbonyl (C=O) groups is 1. The summed E-state index contributed by atoms with van der Waals surface area (Å²) in [7, 11) is 2.10. The molecule has 1 aliphatic rings. The molecule has 5 heteroatoms. The Labute approximate surface area is 164 Å². The van der Waals surface area contributed by atoms with Gasteiger partial charge in [-0.05, 0) is 54.7 Å². The summed E-state index contributed by atoms with van der Waals surface area (Å²) >= 11 is 5.87. The molecule has 0 radical (unpaired) electrons. The van der Waals surface area contributed by atoms with Gasteiger partial charge in [0.1, 0.15) is 5.75 Å². The zero-order chi connectivity index (χ0) is 18.8. The molecule has 4 rings (SSSR count). The van der Waals surface area contributed by atoms with E-state index in [1.807, 2.05) is 4.90 Å². The van der Waals surface area contributed by atoms with Gasteiger partial charge in [0.15, 0.2) is 6.61 Å². The van der Waals surface area contributed by atoms with Gasteiger partial charge in [-0.2, -0.15) is 0 Å². The number of hydrogen-bond acceptors (Lipinski definition) is 2. The van der Waals surface area contributed by atoms with Crippen LogP contribution >= 0.6 is 11.6 Å². The first kappa shape index (κ1) is 17.9. The van der Waals surface area contributed by atoms with Crippen molar-refractivity contribution in [2.45, 2.75) is 18.8 Å². The maximum atomic E-state index is 12.5. The summed E-state index contributed by atoms with van der Waals surface area (Å²) in [5.41, 5.74) is 2.67. The molecule has 0 atom stereocenters. The Bertz CT molecular complexity index is 941. The standard InChI is InChI=1S/C22H23ClN2O2/c1-24-14-20(19-4-2-3-5-21(19)24)16-10-12-25(13-11-16)22(26)15-27-18-8-6-17(23)7-9-18/h2-9,14,16H,10-13,15H2,1H3. The number of amides is 1. The molecule has 27 heavy (non-hydrogen) atoms. The highest BCUT2D eigenvalue weighted by Crippen LogP contribution is 2.34. The first-order valence-corrected chi connectivity index (χ1v) is 9.70. The van der Waals surface area contributed by atoms with Crippen molar-refractivity contribution >= 4 is 28.4 Å². The number of nitrogens with zero attached hydrogens (tertiary/aromatic N) is 2. The van der Waals surface area contributed by atoms with Crippen molar-refractivity contribution in [2.75, 3.05) is 19.7 Å². The topological polar surface area (TPSA) is 34.5 Å². The molecule has 140 valence electrons. The van der Waals surface area contributed by atoms with Gasteiger partial charge in [-0.1, -0.05) is 29.8 Å². The molecule has 2 heterocycles. The summed E-state index contributed by atoms with van der Waals surface area (Å²) in [6.07, 6.45) is 4.22. The van der Waals surface area contributed by atoms with Crippen LogP contribution in [0.4, 0.5) is 0 Å². The molecule has 0 spiro atoms. The molecule has 0 bridgehead atoms. The average molecular weight is 383 g/mol. The molecule has 0 aliphatic carbocycles. The molecule has 1 aliphatic heterocycles. The van der Waals surface area contributed by atoms with Crippen LogP contribution in [0.15, 0.2) is 54.7 Å². The SMILES string of the molecule is Cn1cc(C2CCN(C(=O)COc3ccc(Cl)cc3)CC2)c2ccccc21. The number of halogens is 1. The molecule has 4 nitrogen and oxygen atoms in total. The number of rotatable bonds is 4. The largest absolute Gasteiger partial charge is 0.484 e. The van der Waals surface area contributed by atoms with Gasteiger partial charge in [0.25, 0.3) is 5.91 Å². The number of benzene rings is 2. The van der Waals surface area contributed by atoms with E-state index < -0.39 is 0 Å². The highest BCUT2D eigenvalue weighted by molar-refractivity contribution is 6.30. The third kappa shape index (κ3) is 3.81. The van der Waals surface area contributed by atoms with E-state index in [1.165, 1.54) is 16.5 Å². The van der Waals surface area contributed by atoms with Crippen LogP contribution in [-0.2, 0) is 11.8 Å². The Kier molecular flexibility index (Phi) is 5.08. The van der Waals surface area contributed by atoms with E-state index in [0.717, 1.165) is 25.9 Å². The molecule has 1 aromatic heterocycles. The minimum Gasteiger partial charge on any atom is -0.484 e. The molecular weight excluding hydrogens is 360 g/mol. The fourth-order valence-corrected chi connectivity index (χ4v) is 4.03. The third-order valence-electron chi connectivity index (χ3n) is 5.39. The zero-order valence-corrected chi connectivity index (χ0v) is 16.2. The van der Waals surface area contributed by atoms with Crippen LogP contribution in [0.1, 0.15) is 24.3 Å². The van der Waals surface area contributed by atoms with Crippen molar-refractivity contribution in [3.05, 3.63) is 65.3 Å². The predicted molar refractivity (Wildman–Crippen MR) is 108 cm³/mol. The molecule has 2 aromatic carbocycles. The van der Waals surface area contributed by atoms with E-state index >= 15 is 0 Å². The van der Waals surface area contributed by atoms with Crippen molar-refractivity contribution in [1.82, 2.24) is 9.47 Å². The van der Waals surface area contributed by atoms with Crippen LogP contribution in [-0.4, -0.2) is 35.1 Å². The first-order chi connectivity index (χ1) is 13.1. The normalized spacial score (nSPS) is 15.3. The summed E-state index contributed by atoms with van der Waals surface area (Å²) in [5.74, 6) is 1.21. The molecule has 0 saturated carbocycles. The minimum absolute atomic E-state index is 0.0429. The Balaban J connectivity index is 1.35. The van der Waals surface area contributed by atoms with Gasteiger partial charge < -0.3 is 14.2 Å². The summed E-state index contributed by atoms with van der Waals surface area (Å²) in [6, 6.07) is 15.6. The number of aromatic nitrogens is 1. The summed E-state index contributed by atoms with van der Waals surface area (Å²) in [4.78, 5) is 14.4. The van der Waals surface area contributed by atoms with Crippen molar-refractivity contribution in [1.29, 1.82) is 0 Å². The van der Waals surface area contributed by atoms with E-state index in [-0.39, 0.29) is 12.5 Å². The number of piperidine rings is 1. The van der Waals surface area contributed by atoms with Gasteiger partial charge in [-0.25, -0.2) is 0 Å². The Morgan fingerprint density at radius 1 is 1.11 bits per heavy atom. The van der Waals surface area contributed by atoms with E-state index in [1.54, 1.807) is 24.3 Å². The fourth-order valence-electron chi connectivity index (χ4n) is 3.91. The highest BCUT2D eigenvalue weighted by Gasteiger charge is 2.26. The predicted octanol–water partition coefficient (Wildman–Crippen LogP) is 4.62. The van der Waals surface area contributed by atoms with Crippen LogP contribution in [0, 0.1) is 0 Å². The summed E-state index contributed by atoms with van der Waals surface area (Å²) in [5, 5.41) is 1.99. The average Bonchev–Trinajstić information content (AvgIpc) is 3.04. The molecular formula is C22H23ClN2O2. The Morgan fingerprint density at radius 3 is 2.56 bits per heavy atom. The molecule has 1 amide bonds. The first-order valence-electron chi connectivity index (χ1n) is 9.32. The summed E-state index contributed by atoms with van der Waals surface area (Å²) < 4.78 is 7.79. The van der Waals surface area contributed by atoms with Crippen molar-refractivity contribution < 1.29 is 9.53 Å². The van der Waals surface area contributed by atoms with E-state index in [9.17, 15) is 4.79 Å². The van der Waals surface area contributed by atoms with Gasteiger partial charge in [0.2, 0.25) is 0 Å². The molecule has 0 N–H and O–H groups in total. The van der Waals surface area contributed by atoms with E-state index in [2.05, 4.69) is 42.1 Å². The highest BCUT2D eigenvalue weighted by atomic mass is 35.5. The van der Waals surface area contributed by atoms with Gasteiger partial charge in [0, 0.05) is 42.3 Å². The van der Waals surface area contributed by atoms with Crippen LogP contribution in [0.2, 0.25) is 5.02 Å². The van der Waals surface area contributed by atoms with Crippen molar-refractivity contribution in [3.63, 3.8) is 0 Å². The molecule has 1 saturated heterocycles. The smallest absolute Gasteiger partial charge is 0.260 e. The molecule has 3 aromatic rings. The lowest BCUT2D eigenvalue weighted by Crippen LogP contribution is -2.40.